The lowest BCUT2D eigenvalue weighted by atomic mass is 10.1. The van der Waals surface area contributed by atoms with Gasteiger partial charge >= 0.3 is 6.09 Å². The van der Waals surface area contributed by atoms with Crippen molar-refractivity contribution in [1.82, 2.24) is 15.5 Å². The van der Waals surface area contributed by atoms with Crippen molar-refractivity contribution in [3.8, 4) is 5.88 Å². The second-order valence-corrected chi connectivity index (χ2v) is 3.83. The number of carbonyl (C=O) groups excluding carboxylic acids is 1. The van der Waals surface area contributed by atoms with E-state index in [0.29, 0.717) is 0 Å². The first-order valence-corrected chi connectivity index (χ1v) is 4.25. The van der Waals surface area contributed by atoms with Gasteiger partial charge in [0.05, 0.1) is 0 Å². The van der Waals surface area contributed by atoms with Crippen LogP contribution in [-0.4, -0.2) is 21.8 Å². The summed E-state index contributed by atoms with van der Waals surface area (Å²) in [7, 11) is 0. The summed E-state index contributed by atoms with van der Waals surface area (Å²) in [6.45, 7) is 5.60. The van der Waals surface area contributed by atoms with E-state index >= 15 is 0 Å². The second kappa shape index (κ2) is 4.04. The van der Waals surface area contributed by atoms with Crippen LogP contribution in [0.3, 0.4) is 0 Å². The summed E-state index contributed by atoms with van der Waals surface area (Å²) in [5, 5.41) is 9.83. The molecule has 1 amide bonds. The second-order valence-electron chi connectivity index (χ2n) is 3.83. The summed E-state index contributed by atoms with van der Waals surface area (Å²) >= 11 is 0. The van der Waals surface area contributed by atoms with E-state index in [9.17, 15) is 4.79 Å². The van der Waals surface area contributed by atoms with E-state index in [4.69, 9.17) is 4.74 Å². The number of rotatable bonds is 1. The topological polar surface area (TPSA) is 64.1 Å². The lowest BCUT2D eigenvalue weighted by Crippen LogP contribution is -2.42. The maximum Gasteiger partial charge on any atom is 0.414 e. The van der Waals surface area contributed by atoms with Gasteiger partial charge in [-0.25, -0.2) is 4.79 Å². The Morgan fingerprint density at radius 3 is 2.71 bits per heavy atom. The first-order valence-electron chi connectivity index (χ1n) is 4.25. The summed E-state index contributed by atoms with van der Waals surface area (Å²) in [6, 6.07) is 3.21. The number of aromatic nitrogens is 2. The average Bonchev–Trinajstić information content (AvgIpc) is 2.02. The molecule has 0 radical (unpaired) electrons. The Morgan fingerprint density at radius 1 is 1.50 bits per heavy atom. The van der Waals surface area contributed by atoms with E-state index in [1.54, 1.807) is 12.1 Å². The molecule has 0 aliphatic rings. The van der Waals surface area contributed by atoms with Crippen molar-refractivity contribution in [3.63, 3.8) is 0 Å². The quantitative estimate of drug-likeness (QED) is 0.734. The van der Waals surface area contributed by atoms with E-state index in [-0.39, 0.29) is 11.4 Å². The Kier molecular flexibility index (Phi) is 3.01. The van der Waals surface area contributed by atoms with Gasteiger partial charge in [0.1, 0.15) is 0 Å². The zero-order valence-corrected chi connectivity index (χ0v) is 8.44. The van der Waals surface area contributed by atoms with Crippen LogP contribution in [0, 0.1) is 0 Å². The van der Waals surface area contributed by atoms with Crippen LogP contribution in [0.2, 0.25) is 0 Å². The highest BCUT2D eigenvalue weighted by atomic mass is 16.6. The third-order valence-electron chi connectivity index (χ3n) is 1.22. The fourth-order valence-corrected chi connectivity index (χ4v) is 0.769. The fourth-order valence-electron chi connectivity index (χ4n) is 0.769. The standard InChI is InChI=1S/C9H13N3O2/c1-9(2,3)11-8(13)14-7-5-4-6-10-12-7/h4-6H,1-3H3,(H,11,13). The number of hydrogen-bond acceptors (Lipinski definition) is 4. The summed E-state index contributed by atoms with van der Waals surface area (Å²) < 4.78 is 4.87. The average molecular weight is 195 g/mol. The van der Waals surface area contributed by atoms with Crippen molar-refractivity contribution in [1.29, 1.82) is 0 Å². The van der Waals surface area contributed by atoms with E-state index in [1.165, 1.54) is 6.20 Å². The van der Waals surface area contributed by atoms with Crippen molar-refractivity contribution < 1.29 is 9.53 Å². The number of carbonyl (C=O) groups is 1. The number of hydrogen-bond donors (Lipinski definition) is 1. The number of nitrogens with one attached hydrogen (secondary N) is 1. The van der Waals surface area contributed by atoms with Crippen molar-refractivity contribution in [2.45, 2.75) is 26.3 Å². The summed E-state index contributed by atoms with van der Waals surface area (Å²) in [5.41, 5.74) is -0.320. The largest absolute Gasteiger partial charge is 0.414 e. The van der Waals surface area contributed by atoms with E-state index in [2.05, 4.69) is 15.5 Å². The molecule has 1 heterocycles. The number of nitrogens with zero attached hydrogens (tertiary/aromatic N) is 2. The Labute approximate surface area is 82.5 Å². The molecule has 5 heteroatoms. The van der Waals surface area contributed by atoms with Crippen LogP contribution < -0.4 is 10.1 Å². The van der Waals surface area contributed by atoms with Crippen molar-refractivity contribution in [2.24, 2.45) is 0 Å². The molecule has 5 nitrogen and oxygen atoms in total. The smallest absolute Gasteiger partial charge is 0.390 e. The van der Waals surface area contributed by atoms with Crippen molar-refractivity contribution >= 4 is 6.09 Å². The molecule has 1 aromatic heterocycles. The summed E-state index contributed by atoms with van der Waals surface area (Å²) in [6.07, 6.45) is 0.979. The molecule has 76 valence electrons. The minimum Gasteiger partial charge on any atom is -0.390 e. The molecule has 0 aliphatic carbocycles. The van der Waals surface area contributed by atoms with Crippen LogP contribution in [0.5, 0.6) is 5.88 Å². The molecule has 1 rings (SSSR count). The van der Waals surface area contributed by atoms with Gasteiger partial charge < -0.3 is 10.1 Å². The van der Waals surface area contributed by atoms with Gasteiger partial charge in [-0.1, -0.05) is 0 Å². The molecule has 0 saturated heterocycles. The molecule has 1 aromatic rings. The molecular weight excluding hydrogens is 182 g/mol. The lowest BCUT2D eigenvalue weighted by Gasteiger charge is -2.19. The van der Waals surface area contributed by atoms with Crippen LogP contribution >= 0.6 is 0 Å². The van der Waals surface area contributed by atoms with Crippen LogP contribution in [0.4, 0.5) is 4.79 Å². The number of ether oxygens (including phenoxy) is 1. The molecule has 0 aliphatic heterocycles. The van der Waals surface area contributed by atoms with Crippen LogP contribution in [0.25, 0.3) is 0 Å². The Bertz CT molecular complexity index is 306. The fraction of sp³-hybridized carbons (Fsp3) is 0.444. The third-order valence-corrected chi connectivity index (χ3v) is 1.22. The molecule has 0 saturated carbocycles. The summed E-state index contributed by atoms with van der Waals surface area (Å²) in [5.74, 6) is 0.189. The summed E-state index contributed by atoms with van der Waals surface area (Å²) in [4.78, 5) is 11.2. The molecule has 0 spiro atoms. The van der Waals surface area contributed by atoms with Gasteiger partial charge in [0, 0.05) is 17.8 Å². The zero-order chi connectivity index (χ0) is 10.6. The van der Waals surface area contributed by atoms with Crippen molar-refractivity contribution in [2.75, 3.05) is 0 Å². The molecule has 0 aromatic carbocycles. The minimum atomic E-state index is -0.530. The van der Waals surface area contributed by atoms with Gasteiger partial charge in [-0.05, 0) is 26.8 Å². The molecule has 14 heavy (non-hydrogen) atoms. The normalized spacial score (nSPS) is 10.8. The molecular formula is C9H13N3O2. The Balaban J connectivity index is 2.50. The van der Waals surface area contributed by atoms with E-state index in [1.807, 2.05) is 20.8 Å². The van der Waals surface area contributed by atoms with Gasteiger partial charge in [0.2, 0.25) is 5.88 Å². The van der Waals surface area contributed by atoms with Crippen LogP contribution in [0.15, 0.2) is 18.3 Å². The van der Waals surface area contributed by atoms with Gasteiger partial charge in [0.15, 0.2) is 0 Å². The first-order chi connectivity index (χ1) is 6.47. The molecule has 0 bridgehead atoms. The molecule has 0 atom stereocenters. The van der Waals surface area contributed by atoms with Crippen LogP contribution in [-0.2, 0) is 0 Å². The molecule has 0 fully saturated rings. The van der Waals surface area contributed by atoms with Crippen LogP contribution in [0.1, 0.15) is 20.8 Å². The van der Waals surface area contributed by atoms with Gasteiger partial charge in [-0.15, -0.1) is 5.10 Å². The SMILES string of the molecule is CC(C)(C)NC(=O)Oc1cccnn1. The predicted octanol–water partition coefficient (Wildman–Crippen LogP) is 1.36. The third kappa shape index (κ3) is 3.84. The van der Waals surface area contributed by atoms with Gasteiger partial charge in [-0.3, -0.25) is 0 Å². The van der Waals surface area contributed by atoms with Gasteiger partial charge in [-0.2, -0.15) is 5.10 Å². The van der Waals surface area contributed by atoms with Gasteiger partial charge in [0.25, 0.3) is 0 Å². The monoisotopic (exact) mass is 195 g/mol. The zero-order valence-electron chi connectivity index (χ0n) is 8.44. The van der Waals surface area contributed by atoms with Crippen molar-refractivity contribution in [3.05, 3.63) is 18.3 Å². The Morgan fingerprint density at radius 2 is 2.21 bits per heavy atom. The minimum absolute atomic E-state index is 0.189. The van der Waals surface area contributed by atoms with E-state index < -0.39 is 6.09 Å². The molecule has 0 unspecified atom stereocenters. The lowest BCUT2D eigenvalue weighted by molar-refractivity contribution is 0.188. The maximum atomic E-state index is 11.2. The highest BCUT2D eigenvalue weighted by Crippen LogP contribution is 2.04. The predicted molar refractivity (Wildman–Crippen MR) is 50.9 cm³/mol. The Hall–Kier alpha value is -1.65. The maximum absolute atomic E-state index is 11.2. The highest BCUT2D eigenvalue weighted by molar-refractivity contribution is 5.70. The molecule has 1 N–H and O–H groups in total. The number of amides is 1. The van der Waals surface area contributed by atoms with E-state index in [0.717, 1.165) is 0 Å². The highest BCUT2D eigenvalue weighted by Gasteiger charge is 2.15. The first kappa shape index (κ1) is 10.4.